The van der Waals surface area contributed by atoms with Crippen LogP contribution in [0.25, 0.3) is 17.2 Å². The summed E-state index contributed by atoms with van der Waals surface area (Å²) in [5.41, 5.74) is -1.47. The minimum Gasteiger partial charge on any atom is -0.495 e. The Morgan fingerprint density at radius 3 is 2.53 bits per heavy atom. The highest BCUT2D eigenvalue weighted by Gasteiger charge is 2.34. The lowest BCUT2D eigenvalue weighted by Gasteiger charge is -2.15. The first kappa shape index (κ1) is 25.7. The molecular weight excluding hydrogens is 549 g/mol. The quantitative estimate of drug-likeness (QED) is 0.307. The van der Waals surface area contributed by atoms with Crippen LogP contribution in [-0.2, 0) is 16.2 Å². The van der Waals surface area contributed by atoms with E-state index in [0.29, 0.717) is 6.07 Å². The number of halogens is 6. The van der Waals surface area contributed by atoms with Crippen molar-refractivity contribution in [3.63, 3.8) is 0 Å². The fourth-order valence-corrected chi connectivity index (χ4v) is 4.68. The monoisotopic (exact) mass is 561 g/mol. The van der Waals surface area contributed by atoms with Gasteiger partial charge in [0.1, 0.15) is 23.6 Å². The van der Waals surface area contributed by atoms with Gasteiger partial charge in [0.25, 0.3) is 10.0 Å². The van der Waals surface area contributed by atoms with Crippen molar-refractivity contribution in [2.24, 2.45) is 0 Å². The Hall–Kier alpha value is -3.42. The standard InChI is InChI=1S/C21H13Cl2F4N5O3S/c1-35-18-5-2-12(24)7-17(18)32-10-29-30-20(32)19-16(6-11(22)9-28-19)31-36(33,34)13-3-4-15(23)14(8-13)21(25,26)27/h2-10,31H,1H3. The largest absolute Gasteiger partial charge is 0.495 e. The molecule has 2 heterocycles. The summed E-state index contributed by atoms with van der Waals surface area (Å²) >= 11 is 11.6. The molecule has 15 heteroatoms. The highest BCUT2D eigenvalue weighted by atomic mass is 35.5. The maximum Gasteiger partial charge on any atom is 0.417 e. The van der Waals surface area contributed by atoms with Gasteiger partial charge in [-0.05, 0) is 36.4 Å². The molecule has 2 aromatic carbocycles. The average Bonchev–Trinajstić information content (AvgIpc) is 3.27. The first-order valence-electron chi connectivity index (χ1n) is 9.70. The first-order chi connectivity index (χ1) is 16.9. The lowest BCUT2D eigenvalue weighted by atomic mass is 10.2. The van der Waals surface area contributed by atoms with Gasteiger partial charge in [-0.1, -0.05) is 23.2 Å². The van der Waals surface area contributed by atoms with Crippen molar-refractivity contribution in [2.75, 3.05) is 11.8 Å². The second-order valence-electron chi connectivity index (χ2n) is 7.14. The fourth-order valence-electron chi connectivity index (χ4n) is 3.21. The number of aromatic nitrogens is 4. The summed E-state index contributed by atoms with van der Waals surface area (Å²) in [6.45, 7) is 0. The number of sulfonamides is 1. The molecule has 0 aliphatic carbocycles. The van der Waals surface area contributed by atoms with Gasteiger partial charge in [-0.3, -0.25) is 9.29 Å². The Kier molecular flexibility index (Phi) is 6.82. The molecular formula is C21H13Cl2F4N5O3S. The maximum absolute atomic E-state index is 14.0. The molecule has 0 spiro atoms. The summed E-state index contributed by atoms with van der Waals surface area (Å²) in [6.07, 6.45) is -2.47. The van der Waals surface area contributed by atoms with Gasteiger partial charge in [0.05, 0.1) is 39.0 Å². The predicted octanol–water partition coefficient (Wildman–Crippen LogP) is 5.60. The molecule has 0 saturated heterocycles. The SMILES string of the molecule is COc1ccc(F)cc1-n1cnnc1-c1ncc(Cl)cc1NS(=O)(=O)c1ccc(Cl)c(C(F)(F)F)c1. The zero-order valence-corrected chi connectivity index (χ0v) is 20.2. The van der Waals surface area contributed by atoms with Crippen molar-refractivity contribution in [3.05, 3.63) is 76.4 Å². The van der Waals surface area contributed by atoms with Gasteiger partial charge in [-0.15, -0.1) is 10.2 Å². The molecule has 0 aliphatic rings. The van der Waals surface area contributed by atoms with Gasteiger partial charge in [0.15, 0.2) is 5.82 Å². The van der Waals surface area contributed by atoms with E-state index >= 15 is 0 Å². The number of hydrogen-bond donors (Lipinski definition) is 1. The van der Waals surface area contributed by atoms with Crippen LogP contribution >= 0.6 is 23.2 Å². The predicted molar refractivity (Wildman–Crippen MR) is 123 cm³/mol. The van der Waals surface area contributed by atoms with E-state index < -0.39 is 37.5 Å². The number of benzene rings is 2. The molecule has 0 bridgehead atoms. The Balaban J connectivity index is 1.82. The van der Waals surface area contributed by atoms with Crippen molar-refractivity contribution >= 4 is 38.9 Å². The molecule has 1 N–H and O–H groups in total. The number of rotatable bonds is 6. The molecule has 8 nitrogen and oxygen atoms in total. The van der Waals surface area contributed by atoms with E-state index in [1.165, 1.54) is 42.4 Å². The van der Waals surface area contributed by atoms with Crippen LogP contribution in [0.1, 0.15) is 5.56 Å². The number of nitrogens with zero attached hydrogens (tertiary/aromatic N) is 4. The molecule has 0 radical (unpaired) electrons. The summed E-state index contributed by atoms with van der Waals surface area (Å²) in [7, 11) is -3.23. The number of ether oxygens (including phenoxy) is 1. The smallest absolute Gasteiger partial charge is 0.417 e. The zero-order chi connectivity index (χ0) is 26.3. The van der Waals surface area contributed by atoms with Crippen molar-refractivity contribution in [2.45, 2.75) is 11.1 Å². The third-order valence-electron chi connectivity index (χ3n) is 4.81. The first-order valence-corrected chi connectivity index (χ1v) is 11.9. The molecule has 0 atom stereocenters. The van der Waals surface area contributed by atoms with Gasteiger partial charge < -0.3 is 4.74 Å². The number of alkyl halides is 3. The molecule has 4 aromatic rings. The van der Waals surface area contributed by atoms with Crippen molar-refractivity contribution in [1.82, 2.24) is 19.7 Å². The summed E-state index contributed by atoms with van der Waals surface area (Å²) in [5, 5.41) is 7.09. The summed E-state index contributed by atoms with van der Waals surface area (Å²) in [6, 6.07) is 7.00. The zero-order valence-electron chi connectivity index (χ0n) is 17.9. The molecule has 0 fully saturated rings. The number of hydrogen-bond acceptors (Lipinski definition) is 6. The van der Waals surface area contributed by atoms with E-state index in [0.717, 1.165) is 18.2 Å². The van der Waals surface area contributed by atoms with Gasteiger partial charge in [-0.2, -0.15) is 13.2 Å². The van der Waals surface area contributed by atoms with Gasteiger partial charge >= 0.3 is 6.18 Å². The van der Waals surface area contributed by atoms with Crippen molar-refractivity contribution in [3.8, 4) is 23.0 Å². The second kappa shape index (κ2) is 9.56. The van der Waals surface area contributed by atoms with E-state index in [4.69, 9.17) is 27.9 Å². The van der Waals surface area contributed by atoms with E-state index in [1.807, 2.05) is 0 Å². The Morgan fingerprint density at radius 2 is 1.83 bits per heavy atom. The number of nitrogens with one attached hydrogen (secondary N) is 1. The van der Waals surface area contributed by atoms with Crippen LogP contribution in [0.3, 0.4) is 0 Å². The van der Waals surface area contributed by atoms with Gasteiger partial charge in [0, 0.05) is 12.3 Å². The average molecular weight is 562 g/mol. The third kappa shape index (κ3) is 5.08. The Labute approximate surface area is 211 Å². The van der Waals surface area contributed by atoms with E-state index in [-0.39, 0.29) is 33.7 Å². The van der Waals surface area contributed by atoms with Crippen molar-refractivity contribution in [1.29, 1.82) is 0 Å². The molecule has 188 valence electrons. The topological polar surface area (TPSA) is 99.0 Å². The molecule has 0 saturated carbocycles. The number of anilines is 1. The molecule has 0 amide bonds. The normalized spacial score (nSPS) is 12.0. The number of methoxy groups -OCH3 is 1. The van der Waals surface area contributed by atoms with Gasteiger partial charge in [-0.25, -0.2) is 17.8 Å². The second-order valence-corrected chi connectivity index (χ2v) is 9.66. The minimum absolute atomic E-state index is 0.0120. The Morgan fingerprint density at radius 1 is 1.08 bits per heavy atom. The minimum atomic E-state index is -4.88. The highest BCUT2D eigenvalue weighted by molar-refractivity contribution is 7.92. The highest BCUT2D eigenvalue weighted by Crippen LogP contribution is 2.37. The molecule has 0 unspecified atom stereocenters. The van der Waals surface area contributed by atoms with Crippen molar-refractivity contribution < 1.29 is 30.7 Å². The van der Waals surface area contributed by atoms with Gasteiger partial charge in [0.2, 0.25) is 0 Å². The van der Waals surface area contributed by atoms with Crippen LogP contribution in [0.15, 0.2) is 59.9 Å². The van der Waals surface area contributed by atoms with Crippen LogP contribution in [0.2, 0.25) is 10.0 Å². The lowest BCUT2D eigenvalue weighted by Crippen LogP contribution is -2.16. The van der Waals surface area contributed by atoms with Crippen LogP contribution in [0.4, 0.5) is 23.2 Å². The summed E-state index contributed by atoms with van der Waals surface area (Å²) in [5.74, 6) is -0.395. The summed E-state index contributed by atoms with van der Waals surface area (Å²) in [4.78, 5) is 3.41. The Bertz CT molecular complexity index is 1560. The lowest BCUT2D eigenvalue weighted by molar-refractivity contribution is -0.137. The van der Waals surface area contributed by atoms with Crippen LogP contribution in [0.5, 0.6) is 5.75 Å². The van der Waals surface area contributed by atoms with E-state index in [2.05, 4.69) is 19.9 Å². The molecule has 4 rings (SSSR count). The summed E-state index contributed by atoms with van der Waals surface area (Å²) < 4.78 is 88.5. The fraction of sp³-hybridized carbons (Fsp3) is 0.0952. The molecule has 36 heavy (non-hydrogen) atoms. The van der Waals surface area contributed by atoms with E-state index in [9.17, 15) is 26.0 Å². The van der Waals surface area contributed by atoms with Crippen LogP contribution in [-0.4, -0.2) is 35.3 Å². The third-order valence-corrected chi connectivity index (χ3v) is 6.71. The number of pyridine rings is 1. The molecule has 2 aromatic heterocycles. The van der Waals surface area contributed by atoms with Crippen LogP contribution in [0, 0.1) is 5.82 Å². The molecule has 0 aliphatic heterocycles. The maximum atomic E-state index is 14.0. The van der Waals surface area contributed by atoms with Crippen LogP contribution < -0.4 is 9.46 Å². The van der Waals surface area contributed by atoms with E-state index in [1.54, 1.807) is 0 Å².